The highest BCUT2D eigenvalue weighted by molar-refractivity contribution is 5.95. The van der Waals surface area contributed by atoms with Crippen LogP contribution in [0.2, 0.25) is 0 Å². The van der Waals surface area contributed by atoms with E-state index in [4.69, 9.17) is 4.74 Å². The Kier molecular flexibility index (Phi) is 8.98. The molecule has 230 valence electrons. The van der Waals surface area contributed by atoms with Crippen molar-refractivity contribution in [2.75, 3.05) is 7.05 Å². The van der Waals surface area contributed by atoms with Gasteiger partial charge in [0.2, 0.25) is 0 Å². The van der Waals surface area contributed by atoms with Crippen LogP contribution in [0.4, 0.5) is 39.9 Å². The average Bonchev–Trinajstić information content (AvgIpc) is 2.97. The second kappa shape index (κ2) is 12.3. The van der Waals surface area contributed by atoms with Gasteiger partial charge in [0.15, 0.2) is 0 Å². The molecule has 0 spiro atoms. The predicted molar refractivity (Wildman–Crippen MR) is 143 cm³/mol. The normalized spacial score (nSPS) is 13.1. The summed E-state index contributed by atoms with van der Waals surface area (Å²) in [5.41, 5.74) is -6.49. The largest absolute Gasteiger partial charge is 0.416 e. The van der Waals surface area contributed by atoms with E-state index in [1.807, 2.05) is 0 Å². The third-order valence-electron chi connectivity index (χ3n) is 6.62. The van der Waals surface area contributed by atoms with Gasteiger partial charge in [-0.1, -0.05) is 36.4 Å². The van der Waals surface area contributed by atoms with Crippen molar-refractivity contribution in [2.24, 2.45) is 0 Å². The minimum absolute atomic E-state index is 0.201. The molecule has 0 bridgehead atoms. The highest BCUT2D eigenvalue weighted by Gasteiger charge is 2.42. The van der Waals surface area contributed by atoms with Crippen LogP contribution in [0.3, 0.4) is 0 Å². The summed E-state index contributed by atoms with van der Waals surface area (Å²) in [6.45, 7) is 0. The van der Waals surface area contributed by atoms with Crippen LogP contribution in [0.25, 0.3) is 0 Å². The molecule has 0 heterocycles. The molecule has 0 aromatic heterocycles. The molecule has 1 unspecified atom stereocenters. The van der Waals surface area contributed by atoms with Gasteiger partial charge < -0.3 is 15.4 Å². The minimum Gasteiger partial charge on any atom is -0.410 e. The van der Waals surface area contributed by atoms with Crippen LogP contribution in [-0.2, 0) is 24.3 Å². The van der Waals surface area contributed by atoms with Crippen LogP contribution in [0.1, 0.15) is 38.2 Å². The number of nitrogens with one attached hydrogen (secondary N) is 2. The van der Waals surface area contributed by atoms with Crippen molar-refractivity contribution < 1.29 is 49.4 Å². The summed E-state index contributed by atoms with van der Waals surface area (Å²) in [5.74, 6) is -4.06. The van der Waals surface area contributed by atoms with Crippen molar-refractivity contribution in [3.05, 3.63) is 136 Å². The highest BCUT2D eigenvalue weighted by atomic mass is 19.4. The molecule has 0 aliphatic rings. The first-order valence-electron chi connectivity index (χ1n) is 12.7. The van der Waals surface area contributed by atoms with Gasteiger partial charge in [-0.3, -0.25) is 4.79 Å². The summed E-state index contributed by atoms with van der Waals surface area (Å²) in [4.78, 5) is 25.6. The topological polar surface area (TPSA) is 67.4 Å². The zero-order chi connectivity index (χ0) is 32.3. The molecule has 4 aromatic carbocycles. The van der Waals surface area contributed by atoms with Crippen molar-refractivity contribution >= 4 is 12.0 Å². The lowest BCUT2D eigenvalue weighted by molar-refractivity contribution is -0.138. The second-order valence-corrected chi connectivity index (χ2v) is 9.61. The van der Waals surface area contributed by atoms with Crippen molar-refractivity contribution in [2.45, 2.75) is 24.3 Å². The Bertz CT molecular complexity index is 1670. The van der Waals surface area contributed by atoms with E-state index in [9.17, 15) is 40.3 Å². The quantitative estimate of drug-likeness (QED) is 0.208. The fraction of sp³-hybridized carbons (Fsp3) is 0.161. The van der Waals surface area contributed by atoms with Crippen LogP contribution in [0, 0.1) is 11.6 Å². The number of hydrogen-bond donors (Lipinski definition) is 2. The minimum atomic E-state index is -5.08. The molecule has 5 nitrogen and oxygen atoms in total. The summed E-state index contributed by atoms with van der Waals surface area (Å²) in [5, 5.41) is 4.58. The van der Waals surface area contributed by atoms with Gasteiger partial charge in [-0.15, -0.1) is 0 Å². The number of hydrogen-bond acceptors (Lipinski definition) is 3. The number of benzene rings is 4. The lowest BCUT2D eigenvalue weighted by atomic mass is 9.76. The summed E-state index contributed by atoms with van der Waals surface area (Å²) >= 11 is 0. The molecular weight excluding hydrogens is 600 g/mol. The Morgan fingerprint density at radius 2 is 1.39 bits per heavy atom. The smallest absolute Gasteiger partial charge is 0.410 e. The van der Waals surface area contributed by atoms with Crippen molar-refractivity contribution in [1.82, 2.24) is 10.6 Å². The summed E-state index contributed by atoms with van der Waals surface area (Å²) < 4.78 is 118. The molecule has 0 fully saturated rings. The van der Waals surface area contributed by atoms with Crippen molar-refractivity contribution in [1.29, 1.82) is 0 Å². The lowest BCUT2D eigenvalue weighted by Gasteiger charge is -2.37. The van der Waals surface area contributed by atoms with Crippen LogP contribution in [-0.4, -0.2) is 19.0 Å². The molecule has 2 amide bonds. The van der Waals surface area contributed by atoms with E-state index in [1.165, 1.54) is 19.2 Å². The summed E-state index contributed by atoms with van der Waals surface area (Å²) in [7, 11) is 1.23. The maximum Gasteiger partial charge on any atom is 0.416 e. The number of alkyl halides is 6. The maximum atomic E-state index is 15.8. The van der Waals surface area contributed by atoms with E-state index in [-0.39, 0.29) is 11.8 Å². The molecule has 0 radical (unpaired) electrons. The number of carbonyl (C=O) groups is 2. The van der Waals surface area contributed by atoms with Gasteiger partial charge in [0.25, 0.3) is 5.91 Å². The van der Waals surface area contributed by atoms with E-state index in [0.717, 1.165) is 30.3 Å². The monoisotopic (exact) mass is 622 g/mol. The Labute approximate surface area is 245 Å². The Morgan fingerprint density at radius 3 is 2.02 bits per heavy atom. The number of amides is 2. The summed E-state index contributed by atoms with van der Waals surface area (Å²) in [6, 6.07) is 15.0. The third-order valence-corrected chi connectivity index (χ3v) is 6.62. The molecule has 44 heavy (non-hydrogen) atoms. The Hall–Kier alpha value is -4.94. The standard InChI is InChI=1S/C31H22F8N2O3/c1-40-28(43)44-24-10-11-26(33)25(16-24)29(17-18-6-3-2-4-7-18,21-13-22(31(37,38)39)15-23(32)14-21)41-27(42)19-8-5-9-20(12-19)30(34,35)36/h2-16H,17H2,1H3,(H,40,43)(H,41,42). The molecular formula is C31H22F8N2O3. The molecule has 1 atom stereocenters. The molecule has 4 aromatic rings. The molecule has 4 rings (SSSR count). The van der Waals surface area contributed by atoms with E-state index < -0.39 is 75.8 Å². The zero-order valence-electron chi connectivity index (χ0n) is 22.6. The first kappa shape index (κ1) is 32.0. The SMILES string of the molecule is CNC(=O)Oc1ccc(F)c(C(Cc2ccccc2)(NC(=O)c2cccc(C(F)(F)F)c2)c2cc(F)cc(C(F)(F)F)c2)c1. The van der Waals surface area contributed by atoms with Crippen LogP contribution >= 0.6 is 0 Å². The zero-order valence-corrected chi connectivity index (χ0v) is 22.6. The molecule has 0 saturated carbocycles. The van der Waals surface area contributed by atoms with E-state index >= 15 is 4.39 Å². The van der Waals surface area contributed by atoms with E-state index in [1.54, 1.807) is 18.2 Å². The molecule has 0 saturated heterocycles. The maximum absolute atomic E-state index is 15.8. The second-order valence-electron chi connectivity index (χ2n) is 9.61. The van der Waals surface area contributed by atoms with Gasteiger partial charge in [0.05, 0.1) is 16.7 Å². The van der Waals surface area contributed by atoms with Gasteiger partial charge in [-0.05, 0) is 65.7 Å². The fourth-order valence-electron chi connectivity index (χ4n) is 4.59. The van der Waals surface area contributed by atoms with Gasteiger partial charge in [0.1, 0.15) is 17.4 Å². The number of carbonyl (C=O) groups excluding carboxylic acids is 2. The predicted octanol–water partition coefficient (Wildman–Crippen LogP) is 7.64. The average molecular weight is 623 g/mol. The molecule has 13 heteroatoms. The van der Waals surface area contributed by atoms with Crippen LogP contribution in [0.5, 0.6) is 5.75 Å². The third kappa shape index (κ3) is 7.16. The number of ether oxygens (including phenoxy) is 1. The van der Waals surface area contributed by atoms with Gasteiger partial charge in [-0.25, -0.2) is 13.6 Å². The van der Waals surface area contributed by atoms with E-state index in [0.29, 0.717) is 29.8 Å². The van der Waals surface area contributed by atoms with Crippen molar-refractivity contribution in [3.63, 3.8) is 0 Å². The highest BCUT2D eigenvalue weighted by Crippen LogP contribution is 2.41. The molecule has 2 N–H and O–H groups in total. The van der Waals surface area contributed by atoms with Gasteiger partial charge >= 0.3 is 18.4 Å². The van der Waals surface area contributed by atoms with Gasteiger partial charge in [0, 0.05) is 24.6 Å². The van der Waals surface area contributed by atoms with Crippen LogP contribution in [0.15, 0.2) is 91.0 Å². The lowest BCUT2D eigenvalue weighted by Crippen LogP contribution is -2.49. The van der Waals surface area contributed by atoms with Crippen LogP contribution < -0.4 is 15.4 Å². The Morgan fingerprint density at radius 1 is 0.727 bits per heavy atom. The molecule has 0 aliphatic carbocycles. The first-order chi connectivity index (χ1) is 20.6. The molecule has 0 aliphatic heterocycles. The summed E-state index contributed by atoms with van der Waals surface area (Å²) in [6.07, 6.45) is -11.4. The fourth-order valence-corrected chi connectivity index (χ4v) is 4.59. The first-order valence-corrected chi connectivity index (χ1v) is 12.7. The Balaban J connectivity index is 2.04. The van der Waals surface area contributed by atoms with Gasteiger partial charge in [-0.2, -0.15) is 26.3 Å². The van der Waals surface area contributed by atoms with Crippen molar-refractivity contribution in [3.8, 4) is 5.75 Å². The number of rotatable bonds is 7. The van der Waals surface area contributed by atoms with E-state index in [2.05, 4.69) is 10.6 Å². The number of halogens is 8.